The summed E-state index contributed by atoms with van der Waals surface area (Å²) >= 11 is 0. The number of nitrogens with zero attached hydrogens (tertiary/aromatic N) is 2. The van der Waals surface area contributed by atoms with Crippen molar-refractivity contribution >= 4 is 16.7 Å². The summed E-state index contributed by atoms with van der Waals surface area (Å²) in [6.45, 7) is 7.00. The van der Waals surface area contributed by atoms with Crippen LogP contribution >= 0.6 is 0 Å². The number of rotatable bonds is 6. The van der Waals surface area contributed by atoms with Crippen molar-refractivity contribution in [1.82, 2.24) is 9.78 Å². The molecule has 0 aliphatic rings. The first-order valence-corrected chi connectivity index (χ1v) is 7.25. The summed E-state index contributed by atoms with van der Waals surface area (Å²) in [5.74, 6) is 0.504. The van der Waals surface area contributed by atoms with E-state index in [1.807, 2.05) is 28.9 Å². The van der Waals surface area contributed by atoms with Gasteiger partial charge in [0.1, 0.15) is 0 Å². The lowest BCUT2D eigenvalue weighted by molar-refractivity contribution is -0.120. The summed E-state index contributed by atoms with van der Waals surface area (Å²) in [6.07, 6.45) is 1.05. The molecule has 0 amide bonds. The first-order chi connectivity index (χ1) is 9.52. The molecule has 1 atom stereocenters. The molecule has 1 unspecified atom stereocenters. The number of hydrogen-bond donors (Lipinski definition) is 1. The van der Waals surface area contributed by atoms with E-state index in [1.54, 1.807) is 0 Å². The van der Waals surface area contributed by atoms with E-state index in [4.69, 9.17) is 5.73 Å². The van der Waals surface area contributed by atoms with E-state index in [0.717, 1.165) is 29.6 Å². The highest BCUT2D eigenvalue weighted by molar-refractivity contribution is 5.91. The van der Waals surface area contributed by atoms with Crippen molar-refractivity contribution in [3.05, 3.63) is 30.0 Å². The van der Waals surface area contributed by atoms with Gasteiger partial charge < -0.3 is 5.73 Å². The van der Waals surface area contributed by atoms with Crippen molar-refractivity contribution in [2.45, 2.75) is 46.2 Å². The quantitative estimate of drug-likeness (QED) is 0.879. The average molecular weight is 273 g/mol. The van der Waals surface area contributed by atoms with E-state index >= 15 is 0 Å². The second kappa shape index (κ2) is 6.18. The molecule has 108 valence electrons. The molecule has 1 aromatic carbocycles. The first kappa shape index (κ1) is 14.7. The second-order valence-corrected chi connectivity index (χ2v) is 5.66. The van der Waals surface area contributed by atoms with Gasteiger partial charge in [0.15, 0.2) is 5.78 Å². The lowest BCUT2D eigenvalue weighted by atomic mass is 9.98. The van der Waals surface area contributed by atoms with E-state index in [2.05, 4.69) is 25.9 Å². The molecular formula is C16H23N3O. The fourth-order valence-electron chi connectivity index (χ4n) is 2.50. The molecule has 0 saturated heterocycles. The highest BCUT2D eigenvalue weighted by Gasteiger charge is 2.18. The molecule has 4 nitrogen and oxygen atoms in total. The third-order valence-electron chi connectivity index (χ3n) is 3.51. The Kier molecular flexibility index (Phi) is 4.55. The Morgan fingerprint density at radius 1 is 1.35 bits per heavy atom. The lowest BCUT2D eigenvalue weighted by Crippen LogP contribution is -2.33. The molecule has 1 aromatic heterocycles. The topological polar surface area (TPSA) is 60.9 Å². The number of Topliss-reactive ketones (excluding diaryl/α,β-unsaturated/α-hetero) is 1. The third kappa shape index (κ3) is 3.07. The van der Waals surface area contributed by atoms with Crippen LogP contribution in [0.1, 0.15) is 32.9 Å². The van der Waals surface area contributed by atoms with Crippen LogP contribution in [0.4, 0.5) is 0 Å². The zero-order valence-electron chi connectivity index (χ0n) is 12.5. The van der Waals surface area contributed by atoms with Crippen molar-refractivity contribution in [2.24, 2.45) is 11.7 Å². The Hall–Kier alpha value is -1.68. The van der Waals surface area contributed by atoms with Crippen molar-refractivity contribution in [2.75, 3.05) is 0 Å². The van der Waals surface area contributed by atoms with Gasteiger partial charge >= 0.3 is 0 Å². The normalized spacial score (nSPS) is 13.1. The predicted molar refractivity (Wildman–Crippen MR) is 81.5 cm³/mol. The minimum atomic E-state index is -0.388. The van der Waals surface area contributed by atoms with Crippen LogP contribution in [0.2, 0.25) is 0 Å². The standard InChI is InChI=1S/C16H23N3O/c1-4-19-15-8-6-5-7-12(15)14(18-19)10-16(20)13(17)9-11(2)3/h5-8,11,13H,4,9-10,17H2,1-3H3. The molecule has 0 radical (unpaired) electrons. The molecular weight excluding hydrogens is 250 g/mol. The zero-order valence-corrected chi connectivity index (χ0v) is 12.5. The summed E-state index contributed by atoms with van der Waals surface area (Å²) in [5.41, 5.74) is 7.88. The Morgan fingerprint density at radius 3 is 2.70 bits per heavy atom. The van der Waals surface area contributed by atoms with Gasteiger partial charge in [0.2, 0.25) is 0 Å². The van der Waals surface area contributed by atoms with Crippen molar-refractivity contribution in [3.8, 4) is 0 Å². The van der Waals surface area contributed by atoms with Crippen LogP contribution in [0.3, 0.4) is 0 Å². The molecule has 0 saturated carbocycles. The van der Waals surface area contributed by atoms with Gasteiger partial charge in [-0.05, 0) is 25.3 Å². The Bertz CT molecular complexity index is 601. The molecule has 1 heterocycles. The highest BCUT2D eigenvalue weighted by atomic mass is 16.1. The van der Waals surface area contributed by atoms with Crippen LogP contribution in [-0.2, 0) is 17.8 Å². The monoisotopic (exact) mass is 273 g/mol. The predicted octanol–water partition coefficient (Wildman–Crippen LogP) is 2.54. The van der Waals surface area contributed by atoms with Crippen LogP contribution in [0.5, 0.6) is 0 Å². The summed E-state index contributed by atoms with van der Waals surface area (Å²) < 4.78 is 1.94. The minimum Gasteiger partial charge on any atom is -0.321 e. The largest absolute Gasteiger partial charge is 0.321 e. The van der Waals surface area contributed by atoms with E-state index in [1.165, 1.54) is 0 Å². The summed E-state index contributed by atoms with van der Waals surface area (Å²) in [5, 5.41) is 5.60. The smallest absolute Gasteiger partial charge is 0.155 e. The first-order valence-electron chi connectivity index (χ1n) is 7.25. The second-order valence-electron chi connectivity index (χ2n) is 5.66. The van der Waals surface area contributed by atoms with Gasteiger partial charge in [-0.3, -0.25) is 9.48 Å². The molecule has 2 aromatic rings. The third-order valence-corrected chi connectivity index (χ3v) is 3.51. The van der Waals surface area contributed by atoms with Gasteiger partial charge in [0.25, 0.3) is 0 Å². The van der Waals surface area contributed by atoms with Crippen molar-refractivity contribution in [1.29, 1.82) is 0 Å². The molecule has 0 bridgehead atoms. The van der Waals surface area contributed by atoms with Gasteiger partial charge in [0.05, 0.1) is 23.7 Å². The van der Waals surface area contributed by atoms with Crippen LogP contribution < -0.4 is 5.73 Å². The van der Waals surface area contributed by atoms with Gasteiger partial charge in [-0.25, -0.2) is 0 Å². The molecule has 2 rings (SSSR count). The van der Waals surface area contributed by atoms with Crippen LogP contribution in [0, 0.1) is 5.92 Å². The number of aryl methyl sites for hydroxylation is 1. The molecule has 0 aliphatic carbocycles. The number of para-hydroxylation sites is 1. The van der Waals surface area contributed by atoms with Gasteiger partial charge in [-0.15, -0.1) is 0 Å². The Morgan fingerprint density at radius 2 is 2.05 bits per heavy atom. The van der Waals surface area contributed by atoms with Crippen molar-refractivity contribution in [3.63, 3.8) is 0 Å². The number of carbonyl (C=O) groups excluding carboxylic acids is 1. The SMILES string of the molecule is CCn1nc(CC(=O)C(N)CC(C)C)c2ccccc21. The highest BCUT2D eigenvalue weighted by Crippen LogP contribution is 2.19. The Balaban J connectivity index is 2.23. The minimum absolute atomic E-state index is 0.0743. The summed E-state index contributed by atoms with van der Waals surface area (Å²) in [7, 11) is 0. The molecule has 0 spiro atoms. The van der Waals surface area contributed by atoms with Gasteiger partial charge in [-0.2, -0.15) is 5.10 Å². The van der Waals surface area contributed by atoms with E-state index in [0.29, 0.717) is 12.3 Å². The number of aromatic nitrogens is 2. The van der Waals surface area contributed by atoms with Crippen LogP contribution in [0.15, 0.2) is 24.3 Å². The number of hydrogen-bond acceptors (Lipinski definition) is 3. The van der Waals surface area contributed by atoms with E-state index < -0.39 is 0 Å². The number of carbonyl (C=O) groups is 1. The van der Waals surface area contributed by atoms with Crippen LogP contribution in [0.25, 0.3) is 10.9 Å². The molecule has 2 N–H and O–H groups in total. The van der Waals surface area contributed by atoms with Gasteiger partial charge in [0, 0.05) is 11.9 Å². The van der Waals surface area contributed by atoms with Crippen molar-refractivity contribution < 1.29 is 4.79 Å². The number of benzene rings is 1. The molecule has 4 heteroatoms. The molecule has 0 fully saturated rings. The maximum Gasteiger partial charge on any atom is 0.155 e. The average Bonchev–Trinajstić information content (AvgIpc) is 2.76. The molecule has 0 aliphatic heterocycles. The lowest BCUT2D eigenvalue weighted by Gasteiger charge is -2.12. The van der Waals surface area contributed by atoms with E-state index in [-0.39, 0.29) is 11.8 Å². The zero-order chi connectivity index (χ0) is 14.7. The number of ketones is 1. The molecule has 20 heavy (non-hydrogen) atoms. The van der Waals surface area contributed by atoms with Crippen LogP contribution in [-0.4, -0.2) is 21.6 Å². The fraction of sp³-hybridized carbons (Fsp3) is 0.500. The van der Waals surface area contributed by atoms with E-state index in [9.17, 15) is 4.79 Å². The maximum atomic E-state index is 12.2. The van der Waals surface area contributed by atoms with Gasteiger partial charge in [-0.1, -0.05) is 32.0 Å². The number of nitrogens with two attached hydrogens (primary N) is 1. The number of fused-ring (bicyclic) bond motifs is 1. The summed E-state index contributed by atoms with van der Waals surface area (Å²) in [6, 6.07) is 7.64. The maximum absolute atomic E-state index is 12.2. The fourth-order valence-corrected chi connectivity index (χ4v) is 2.50. The summed E-state index contributed by atoms with van der Waals surface area (Å²) in [4.78, 5) is 12.2. The Labute approximate surface area is 120 Å².